The van der Waals surface area contributed by atoms with Crippen LogP contribution >= 0.6 is 12.4 Å². The second-order valence-corrected chi connectivity index (χ2v) is 5.06. The Labute approximate surface area is 125 Å². The summed E-state index contributed by atoms with van der Waals surface area (Å²) in [4.78, 5) is 11.8. The molecule has 1 amide bonds. The van der Waals surface area contributed by atoms with Gasteiger partial charge in [-0.3, -0.25) is 4.79 Å². The van der Waals surface area contributed by atoms with Gasteiger partial charge in [0.25, 0.3) is 5.91 Å². The third-order valence-electron chi connectivity index (χ3n) is 3.50. The number of nitrogens with two attached hydrogens (primary N) is 1. The topological polar surface area (TPSA) is 55.1 Å². The van der Waals surface area contributed by atoms with Crippen molar-refractivity contribution in [2.75, 3.05) is 6.54 Å². The molecule has 1 aromatic rings. The van der Waals surface area contributed by atoms with Gasteiger partial charge in [-0.05, 0) is 31.4 Å². The largest absolute Gasteiger partial charge is 0.419 e. The zero-order valence-electron chi connectivity index (χ0n) is 11.0. The highest BCUT2D eigenvalue weighted by Crippen LogP contribution is 2.32. The van der Waals surface area contributed by atoms with Gasteiger partial charge in [-0.25, -0.2) is 4.39 Å². The molecule has 0 atom stereocenters. The summed E-state index contributed by atoms with van der Waals surface area (Å²) in [7, 11) is 0. The monoisotopic (exact) mass is 326 g/mol. The Morgan fingerprint density at radius 2 is 1.95 bits per heavy atom. The van der Waals surface area contributed by atoms with E-state index in [1.165, 1.54) is 0 Å². The quantitative estimate of drug-likeness (QED) is 0.839. The lowest BCUT2D eigenvalue weighted by molar-refractivity contribution is -0.140. The molecule has 0 heterocycles. The molecule has 1 aliphatic rings. The lowest BCUT2D eigenvalue weighted by Gasteiger charge is -2.38. The number of rotatable bonds is 3. The average molecular weight is 327 g/mol. The molecule has 0 radical (unpaired) electrons. The summed E-state index contributed by atoms with van der Waals surface area (Å²) < 4.78 is 51.3. The number of amides is 1. The number of alkyl halides is 3. The average Bonchev–Trinajstić information content (AvgIpc) is 2.32. The molecule has 0 bridgehead atoms. The van der Waals surface area contributed by atoms with E-state index in [1.807, 2.05) is 0 Å². The van der Waals surface area contributed by atoms with Gasteiger partial charge in [-0.15, -0.1) is 12.4 Å². The Morgan fingerprint density at radius 3 is 2.43 bits per heavy atom. The van der Waals surface area contributed by atoms with Crippen LogP contribution in [-0.2, 0) is 6.18 Å². The van der Waals surface area contributed by atoms with Crippen LogP contribution in [0.2, 0.25) is 0 Å². The molecule has 118 valence electrons. The van der Waals surface area contributed by atoms with Crippen molar-refractivity contribution in [3.63, 3.8) is 0 Å². The fourth-order valence-corrected chi connectivity index (χ4v) is 2.09. The van der Waals surface area contributed by atoms with E-state index in [-0.39, 0.29) is 19.0 Å². The normalized spacial score (nSPS) is 16.6. The third kappa shape index (κ3) is 3.85. The highest BCUT2D eigenvalue weighted by molar-refractivity contribution is 5.94. The predicted octanol–water partition coefficient (Wildman–Crippen LogP) is 2.88. The Morgan fingerprint density at radius 1 is 1.33 bits per heavy atom. The van der Waals surface area contributed by atoms with E-state index >= 15 is 0 Å². The number of carbonyl (C=O) groups is 1. The molecule has 1 fully saturated rings. The van der Waals surface area contributed by atoms with Crippen molar-refractivity contribution in [3.8, 4) is 0 Å². The number of benzene rings is 1. The molecule has 0 aliphatic heterocycles. The molecule has 1 saturated carbocycles. The fourth-order valence-electron chi connectivity index (χ4n) is 2.09. The standard InChI is InChI=1S/C13H14F4N2O.ClH/c14-10-8(3-1-4-9(10)13(15,16)17)11(20)19-7-12(18)5-2-6-12;/h1,3-4H,2,5-7,18H2,(H,19,20);1H. The first-order valence-corrected chi connectivity index (χ1v) is 6.16. The van der Waals surface area contributed by atoms with E-state index in [0.29, 0.717) is 6.07 Å². The Bertz CT molecular complexity index is 529. The van der Waals surface area contributed by atoms with Gasteiger partial charge in [-0.1, -0.05) is 6.07 Å². The molecule has 1 aromatic carbocycles. The third-order valence-corrected chi connectivity index (χ3v) is 3.50. The lowest BCUT2D eigenvalue weighted by Crippen LogP contribution is -2.55. The maximum atomic E-state index is 13.7. The molecular formula is C13H15ClF4N2O. The number of hydrogen-bond donors (Lipinski definition) is 2. The van der Waals surface area contributed by atoms with Crippen LogP contribution in [0.25, 0.3) is 0 Å². The smallest absolute Gasteiger partial charge is 0.350 e. The molecule has 0 spiro atoms. The van der Waals surface area contributed by atoms with E-state index in [2.05, 4.69) is 5.32 Å². The molecule has 3 nitrogen and oxygen atoms in total. The summed E-state index contributed by atoms with van der Waals surface area (Å²) in [6.45, 7) is 0.127. The predicted molar refractivity (Wildman–Crippen MR) is 71.8 cm³/mol. The first kappa shape index (κ1) is 17.7. The van der Waals surface area contributed by atoms with Crippen molar-refractivity contribution in [3.05, 3.63) is 35.1 Å². The summed E-state index contributed by atoms with van der Waals surface area (Å²) in [6, 6.07) is 2.62. The van der Waals surface area contributed by atoms with Gasteiger partial charge < -0.3 is 11.1 Å². The van der Waals surface area contributed by atoms with Crippen molar-refractivity contribution in [1.29, 1.82) is 0 Å². The Hall–Kier alpha value is -1.34. The number of carbonyl (C=O) groups excluding carboxylic acids is 1. The molecule has 0 saturated heterocycles. The van der Waals surface area contributed by atoms with Crippen LogP contribution in [0.5, 0.6) is 0 Å². The van der Waals surface area contributed by atoms with Crippen LogP contribution in [0.4, 0.5) is 17.6 Å². The first-order chi connectivity index (χ1) is 9.23. The van der Waals surface area contributed by atoms with Gasteiger partial charge in [-0.2, -0.15) is 13.2 Å². The number of nitrogens with one attached hydrogen (secondary N) is 1. The van der Waals surface area contributed by atoms with Gasteiger partial charge >= 0.3 is 6.18 Å². The molecular weight excluding hydrogens is 312 g/mol. The number of hydrogen-bond acceptors (Lipinski definition) is 2. The minimum absolute atomic E-state index is 0. The van der Waals surface area contributed by atoms with Crippen LogP contribution in [0.1, 0.15) is 35.2 Å². The van der Waals surface area contributed by atoms with Gasteiger partial charge in [0.1, 0.15) is 5.82 Å². The van der Waals surface area contributed by atoms with Gasteiger partial charge in [0.15, 0.2) is 0 Å². The highest BCUT2D eigenvalue weighted by Gasteiger charge is 2.36. The minimum Gasteiger partial charge on any atom is -0.350 e. The summed E-state index contributed by atoms with van der Waals surface area (Å²) in [5, 5.41) is 2.39. The Kier molecular flexibility index (Phi) is 5.22. The molecule has 2 rings (SSSR count). The maximum absolute atomic E-state index is 13.7. The summed E-state index contributed by atoms with van der Waals surface area (Å²) in [5.41, 5.74) is 3.29. The van der Waals surface area contributed by atoms with E-state index < -0.39 is 34.6 Å². The molecule has 8 heteroatoms. The van der Waals surface area contributed by atoms with E-state index in [9.17, 15) is 22.4 Å². The molecule has 0 aromatic heterocycles. The van der Waals surface area contributed by atoms with Crippen LogP contribution in [-0.4, -0.2) is 18.0 Å². The lowest BCUT2D eigenvalue weighted by atomic mass is 9.78. The highest BCUT2D eigenvalue weighted by atomic mass is 35.5. The van der Waals surface area contributed by atoms with Crippen LogP contribution in [0.3, 0.4) is 0 Å². The van der Waals surface area contributed by atoms with Crippen molar-refractivity contribution in [1.82, 2.24) is 5.32 Å². The van der Waals surface area contributed by atoms with Gasteiger partial charge in [0.05, 0.1) is 11.1 Å². The molecule has 3 N–H and O–H groups in total. The fraction of sp³-hybridized carbons (Fsp3) is 0.462. The van der Waals surface area contributed by atoms with E-state index in [1.54, 1.807) is 0 Å². The molecule has 1 aliphatic carbocycles. The summed E-state index contributed by atoms with van der Waals surface area (Å²) in [6.07, 6.45) is -2.41. The van der Waals surface area contributed by atoms with Crippen molar-refractivity contribution >= 4 is 18.3 Å². The van der Waals surface area contributed by atoms with Crippen LogP contribution in [0.15, 0.2) is 18.2 Å². The second-order valence-electron chi connectivity index (χ2n) is 5.06. The van der Waals surface area contributed by atoms with Crippen LogP contribution < -0.4 is 11.1 Å². The zero-order valence-corrected chi connectivity index (χ0v) is 11.8. The molecule has 21 heavy (non-hydrogen) atoms. The van der Waals surface area contributed by atoms with E-state index in [4.69, 9.17) is 5.73 Å². The SMILES string of the molecule is Cl.NC1(CNC(=O)c2cccc(C(F)(F)F)c2F)CCC1. The van der Waals surface area contributed by atoms with Crippen molar-refractivity contribution in [2.24, 2.45) is 5.73 Å². The van der Waals surface area contributed by atoms with E-state index in [0.717, 1.165) is 31.4 Å². The molecule has 0 unspecified atom stereocenters. The summed E-state index contributed by atoms with van der Waals surface area (Å²) >= 11 is 0. The zero-order chi connectivity index (χ0) is 15.0. The second kappa shape index (κ2) is 6.19. The van der Waals surface area contributed by atoms with Gasteiger partial charge in [0.2, 0.25) is 0 Å². The summed E-state index contributed by atoms with van der Waals surface area (Å²) in [5.74, 6) is -2.44. The minimum atomic E-state index is -4.83. The van der Waals surface area contributed by atoms with Gasteiger partial charge in [0, 0.05) is 12.1 Å². The Balaban J connectivity index is 0.00000220. The van der Waals surface area contributed by atoms with Crippen LogP contribution in [0, 0.1) is 5.82 Å². The van der Waals surface area contributed by atoms with Crippen molar-refractivity contribution in [2.45, 2.75) is 31.0 Å². The number of halogens is 5. The first-order valence-electron chi connectivity index (χ1n) is 6.16. The van der Waals surface area contributed by atoms with Crippen molar-refractivity contribution < 1.29 is 22.4 Å². The maximum Gasteiger partial charge on any atom is 0.419 e.